The number of hydrogen-bond donors (Lipinski definition) is 1. The first-order chi connectivity index (χ1) is 10.2. The van der Waals surface area contributed by atoms with E-state index in [1.54, 1.807) is 3.96 Å². The number of rotatable bonds is 4. The summed E-state index contributed by atoms with van der Waals surface area (Å²) in [5, 5.41) is 3.81. The summed E-state index contributed by atoms with van der Waals surface area (Å²) in [6, 6.07) is 7.43. The molecule has 2 aromatic rings. The second-order valence-electron chi connectivity index (χ2n) is 5.63. The Morgan fingerprint density at radius 1 is 1.38 bits per heavy atom. The zero-order valence-electron chi connectivity index (χ0n) is 12.2. The van der Waals surface area contributed by atoms with Gasteiger partial charge in [-0.05, 0) is 31.4 Å². The monoisotopic (exact) mass is 304 g/mol. The number of benzene rings is 1. The van der Waals surface area contributed by atoms with Crippen molar-refractivity contribution in [2.75, 3.05) is 0 Å². The van der Waals surface area contributed by atoms with Gasteiger partial charge in [-0.15, -0.1) is 0 Å². The van der Waals surface area contributed by atoms with E-state index in [1.165, 1.54) is 24.4 Å². The molecule has 1 heterocycles. The molecular formula is C16H20N2O2S. The zero-order chi connectivity index (χ0) is 14.8. The van der Waals surface area contributed by atoms with E-state index < -0.39 is 6.04 Å². The first-order valence-corrected chi connectivity index (χ1v) is 8.39. The number of nitrogens with zero attached hydrogens (tertiary/aromatic N) is 1. The SMILES string of the molecule is CCC(C(=O)NC1CCCC1)n1sc2ccccc2c1=O. The van der Waals surface area contributed by atoms with E-state index in [2.05, 4.69) is 5.32 Å². The lowest BCUT2D eigenvalue weighted by Crippen LogP contribution is -2.39. The fraction of sp³-hybridized carbons (Fsp3) is 0.500. The first-order valence-electron chi connectivity index (χ1n) is 7.61. The van der Waals surface area contributed by atoms with Crippen LogP contribution in [0, 0.1) is 0 Å². The number of fused-ring (bicyclic) bond motifs is 1. The van der Waals surface area contributed by atoms with E-state index >= 15 is 0 Å². The molecule has 1 N–H and O–H groups in total. The molecule has 0 radical (unpaired) electrons. The lowest BCUT2D eigenvalue weighted by molar-refractivity contribution is -0.124. The van der Waals surface area contributed by atoms with Gasteiger partial charge in [-0.2, -0.15) is 0 Å². The van der Waals surface area contributed by atoms with Gasteiger partial charge in [-0.25, -0.2) is 0 Å². The van der Waals surface area contributed by atoms with Gasteiger partial charge in [-0.1, -0.05) is 43.4 Å². The molecule has 1 aliphatic rings. The topological polar surface area (TPSA) is 51.1 Å². The Morgan fingerprint density at radius 2 is 2.10 bits per heavy atom. The third-order valence-corrected chi connectivity index (χ3v) is 5.36. The molecule has 3 rings (SSSR count). The minimum atomic E-state index is -0.393. The van der Waals surface area contributed by atoms with Gasteiger partial charge in [0.05, 0.1) is 10.1 Å². The molecular weight excluding hydrogens is 284 g/mol. The fourth-order valence-electron chi connectivity index (χ4n) is 3.02. The lowest BCUT2D eigenvalue weighted by Gasteiger charge is -2.18. The summed E-state index contributed by atoms with van der Waals surface area (Å²) in [4.78, 5) is 25.0. The summed E-state index contributed by atoms with van der Waals surface area (Å²) in [7, 11) is 0. The second kappa shape index (κ2) is 6.02. The number of carbonyl (C=O) groups excluding carboxylic acids is 1. The Bertz CT molecular complexity index is 698. The van der Waals surface area contributed by atoms with E-state index in [0.717, 1.165) is 17.5 Å². The quantitative estimate of drug-likeness (QED) is 0.943. The van der Waals surface area contributed by atoms with Crippen molar-refractivity contribution in [2.24, 2.45) is 0 Å². The van der Waals surface area contributed by atoms with E-state index in [1.807, 2.05) is 31.2 Å². The highest BCUT2D eigenvalue weighted by molar-refractivity contribution is 7.14. The van der Waals surface area contributed by atoms with Crippen LogP contribution in [-0.4, -0.2) is 15.9 Å². The molecule has 1 saturated carbocycles. The van der Waals surface area contributed by atoms with Crippen molar-refractivity contribution in [3.05, 3.63) is 34.6 Å². The van der Waals surface area contributed by atoms with Gasteiger partial charge in [0.25, 0.3) is 5.56 Å². The Kier molecular flexibility index (Phi) is 4.10. The van der Waals surface area contributed by atoms with E-state index in [0.29, 0.717) is 11.8 Å². The minimum absolute atomic E-state index is 0.0157. The van der Waals surface area contributed by atoms with Gasteiger partial charge in [0.15, 0.2) is 0 Å². The number of hydrogen-bond acceptors (Lipinski definition) is 3. The molecule has 0 spiro atoms. The average molecular weight is 304 g/mol. The molecule has 112 valence electrons. The van der Waals surface area contributed by atoms with Crippen LogP contribution in [-0.2, 0) is 4.79 Å². The highest BCUT2D eigenvalue weighted by atomic mass is 32.1. The van der Waals surface area contributed by atoms with E-state index in [4.69, 9.17) is 0 Å². The standard InChI is InChI=1S/C16H20N2O2S/c1-2-13(15(19)17-11-7-3-4-8-11)18-16(20)12-9-5-6-10-14(12)21-18/h5-6,9-11,13H,2-4,7-8H2,1H3,(H,17,19). The van der Waals surface area contributed by atoms with Crippen molar-refractivity contribution in [2.45, 2.75) is 51.1 Å². The molecule has 1 aromatic carbocycles. The van der Waals surface area contributed by atoms with Crippen LogP contribution < -0.4 is 10.9 Å². The lowest BCUT2D eigenvalue weighted by atomic mass is 10.2. The molecule has 1 amide bonds. The van der Waals surface area contributed by atoms with Crippen molar-refractivity contribution in [1.29, 1.82) is 0 Å². The fourth-order valence-corrected chi connectivity index (χ4v) is 4.18. The summed E-state index contributed by atoms with van der Waals surface area (Å²) in [6.45, 7) is 1.95. The average Bonchev–Trinajstić information content (AvgIpc) is 3.10. The highest BCUT2D eigenvalue weighted by Gasteiger charge is 2.25. The maximum Gasteiger partial charge on any atom is 0.269 e. The Morgan fingerprint density at radius 3 is 2.76 bits per heavy atom. The van der Waals surface area contributed by atoms with Gasteiger partial charge in [0.1, 0.15) is 6.04 Å². The van der Waals surface area contributed by atoms with Crippen LogP contribution in [0.5, 0.6) is 0 Å². The van der Waals surface area contributed by atoms with E-state index in [9.17, 15) is 9.59 Å². The third-order valence-electron chi connectivity index (χ3n) is 4.19. The number of nitrogens with one attached hydrogen (secondary N) is 1. The number of aromatic nitrogens is 1. The van der Waals surface area contributed by atoms with Crippen LogP contribution in [0.4, 0.5) is 0 Å². The summed E-state index contributed by atoms with van der Waals surface area (Å²) < 4.78 is 2.57. The number of carbonyl (C=O) groups is 1. The molecule has 0 aliphatic heterocycles. The molecule has 0 bridgehead atoms. The minimum Gasteiger partial charge on any atom is -0.352 e. The third kappa shape index (κ3) is 2.75. The van der Waals surface area contributed by atoms with Crippen LogP contribution in [0.1, 0.15) is 45.1 Å². The van der Waals surface area contributed by atoms with Crippen LogP contribution in [0.15, 0.2) is 29.1 Å². The molecule has 1 aromatic heterocycles. The number of amides is 1. The Balaban J connectivity index is 1.88. The van der Waals surface area contributed by atoms with Crippen LogP contribution in [0.25, 0.3) is 10.1 Å². The van der Waals surface area contributed by atoms with Crippen molar-refractivity contribution >= 4 is 27.5 Å². The first kappa shape index (κ1) is 14.3. The summed E-state index contributed by atoms with van der Waals surface area (Å²) in [5.41, 5.74) is -0.0518. The molecule has 4 nitrogen and oxygen atoms in total. The van der Waals surface area contributed by atoms with Gasteiger partial charge in [-0.3, -0.25) is 13.5 Å². The molecule has 1 unspecified atom stereocenters. The van der Waals surface area contributed by atoms with Crippen molar-refractivity contribution in [3.63, 3.8) is 0 Å². The van der Waals surface area contributed by atoms with Crippen molar-refractivity contribution in [3.8, 4) is 0 Å². The smallest absolute Gasteiger partial charge is 0.269 e. The summed E-state index contributed by atoms with van der Waals surface area (Å²) >= 11 is 1.39. The van der Waals surface area contributed by atoms with Crippen molar-refractivity contribution in [1.82, 2.24) is 9.27 Å². The second-order valence-corrected chi connectivity index (χ2v) is 6.65. The molecule has 21 heavy (non-hydrogen) atoms. The molecule has 1 fully saturated rings. The molecule has 5 heteroatoms. The van der Waals surface area contributed by atoms with Gasteiger partial charge < -0.3 is 5.32 Å². The molecule has 1 atom stereocenters. The van der Waals surface area contributed by atoms with Gasteiger partial charge in [0.2, 0.25) is 5.91 Å². The van der Waals surface area contributed by atoms with Crippen LogP contribution in [0.3, 0.4) is 0 Å². The maximum absolute atomic E-state index is 12.5. The van der Waals surface area contributed by atoms with Gasteiger partial charge in [0, 0.05) is 6.04 Å². The predicted octanol–water partition coefficient (Wildman–Crippen LogP) is 3.07. The van der Waals surface area contributed by atoms with E-state index in [-0.39, 0.29) is 17.5 Å². The van der Waals surface area contributed by atoms with Gasteiger partial charge >= 0.3 is 0 Å². The summed E-state index contributed by atoms with van der Waals surface area (Å²) in [6.07, 6.45) is 5.12. The molecule has 0 saturated heterocycles. The zero-order valence-corrected chi connectivity index (χ0v) is 13.0. The predicted molar refractivity (Wildman–Crippen MR) is 85.8 cm³/mol. The van der Waals surface area contributed by atoms with Crippen LogP contribution >= 0.6 is 11.5 Å². The summed E-state index contributed by atoms with van der Waals surface area (Å²) in [5.74, 6) is -0.0157. The maximum atomic E-state index is 12.5. The molecule has 1 aliphatic carbocycles. The normalized spacial score (nSPS) is 17.2. The Labute approximate surface area is 127 Å². The highest BCUT2D eigenvalue weighted by Crippen LogP contribution is 2.23. The Hall–Kier alpha value is -1.62. The van der Waals surface area contributed by atoms with Crippen molar-refractivity contribution < 1.29 is 4.79 Å². The van der Waals surface area contributed by atoms with Crippen LogP contribution in [0.2, 0.25) is 0 Å². The largest absolute Gasteiger partial charge is 0.352 e.